The zero-order chi connectivity index (χ0) is 9.99. The number of rotatable bonds is 0. The van der Waals surface area contributed by atoms with Gasteiger partial charge in [-0.25, -0.2) is 0 Å². The molecule has 3 heteroatoms. The molecule has 0 radical (unpaired) electrons. The fourth-order valence-corrected chi connectivity index (χ4v) is 1.14. The van der Waals surface area contributed by atoms with Crippen molar-refractivity contribution in [3.8, 4) is 0 Å². The van der Waals surface area contributed by atoms with E-state index in [4.69, 9.17) is 0 Å². The van der Waals surface area contributed by atoms with E-state index < -0.39 is 0 Å². The summed E-state index contributed by atoms with van der Waals surface area (Å²) in [6.45, 7) is 13.1. The summed E-state index contributed by atoms with van der Waals surface area (Å²) >= 11 is 0. The fourth-order valence-electron chi connectivity index (χ4n) is 1.14. The van der Waals surface area contributed by atoms with Crippen molar-refractivity contribution in [2.45, 2.75) is 47.1 Å². The van der Waals surface area contributed by atoms with E-state index in [9.17, 15) is 0 Å². The zero-order valence-electron chi connectivity index (χ0n) is 10.4. The maximum absolute atomic E-state index is 2.27. The van der Waals surface area contributed by atoms with Crippen molar-refractivity contribution in [2.75, 3.05) is 7.05 Å². The van der Waals surface area contributed by atoms with Crippen molar-refractivity contribution >= 4 is 48.0 Å². The lowest BCUT2D eigenvalue weighted by Gasteiger charge is -2.40. The van der Waals surface area contributed by atoms with Crippen LogP contribution in [0.15, 0.2) is 12.3 Å². The molecule has 0 aromatic carbocycles. The van der Waals surface area contributed by atoms with E-state index in [1.807, 2.05) is 13.8 Å². The second kappa shape index (κ2) is 7.30. The molecule has 1 nitrogen and oxygen atoms in total. The highest BCUT2D eigenvalue weighted by molar-refractivity contribution is 14.0. The predicted molar refractivity (Wildman–Crippen MR) is 86.9 cm³/mol. The maximum atomic E-state index is 2.27. The van der Waals surface area contributed by atoms with Crippen molar-refractivity contribution in [3.05, 3.63) is 12.3 Å². The number of hydrogen-bond acceptors (Lipinski definition) is 1. The molecule has 0 bridgehead atoms. The van der Waals surface area contributed by atoms with Crippen molar-refractivity contribution in [2.24, 2.45) is 5.41 Å². The second-order valence-electron chi connectivity index (χ2n) is 4.21. The van der Waals surface area contributed by atoms with Crippen molar-refractivity contribution in [1.29, 1.82) is 0 Å². The molecular weight excluding hydrogens is 400 g/mol. The summed E-state index contributed by atoms with van der Waals surface area (Å²) in [4.78, 5) is 2.27. The summed E-state index contributed by atoms with van der Waals surface area (Å²) in [6.07, 6.45) is 4.44. The molecule has 0 aromatic rings. The lowest BCUT2D eigenvalue weighted by molar-refractivity contribution is 0.135. The van der Waals surface area contributed by atoms with Gasteiger partial charge in [-0.15, -0.1) is 48.0 Å². The molecule has 0 aliphatic carbocycles. The standard InChI is InChI=1S/C9H17N.C2H6.2HI/c1-8(2)6-7-10(5)9(8,3)4;1-2;;/h6-7H,1-5H3;1-2H3;2*1H. The smallest absolute Gasteiger partial charge is 0.0423 e. The largest absolute Gasteiger partial charge is 0.375 e. The van der Waals surface area contributed by atoms with Gasteiger partial charge in [0, 0.05) is 18.0 Å². The minimum atomic E-state index is 0. The molecule has 14 heavy (non-hydrogen) atoms. The van der Waals surface area contributed by atoms with Gasteiger partial charge in [0.1, 0.15) is 0 Å². The van der Waals surface area contributed by atoms with Crippen LogP contribution in [0.2, 0.25) is 0 Å². The van der Waals surface area contributed by atoms with Crippen LogP contribution in [0.1, 0.15) is 41.5 Å². The van der Waals surface area contributed by atoms with E-state index in [1.165, 1.54) is 0 Å². The van der Waals surface area contributed by atoms with E-state index in [1.54, 1.807) is 0 Å². The second-order valence-corrected chi connectivity index (χ2v) is 4.21. The first-order valence-electron chi connectivity index (χ1n) is 4.80. The Morgan fingerprint density at radius 3 is 1.36 bits per heavy atom. The quantitative estimate of drug-likeness (QED) is 0.517. The van der Waals surface area contributed by atoms with Gasteiger partial charge in [-0.3, -0.25) is 0 Å². The Balaban J connectivity index is -0.000000284. The fraction of sp³-hybridized carbons (Fsp3) is 0.818. The van der Waals surface area contributed by atoms with Crippen LogP contribution in [0.3, 0.4) is 0 Å². The molecule has 1 aliphatic rings. The Morgan fingerprint density at radius 2 is 1.29 bits per heavy atom. The highest BCUT2D eigenvalue weighted by Gasteiger charge is 2.41. The Morgan fingerprint density at radius 1 is 0.929 bits per heavy atom. The molecule has 0 spiro atoms. The first-order valence-corrected chi connectivity index (χ1v) is 4.80. The summed E-state index contributed by atoms with van der Waals surface area (Å²) in [5.41, 5.74) is 0.578. The van der Waals surface area contributed by atoms with E-state index in [0.29, 0.717) is 5.41 Å². The topological polar surface area (TPSA) is 3.24 Å². The van der Waals surface area contributed by atoms with Crippen LogP contribution in [0.5, 0.6) is 0 Å². The van der Waals surface area contributed by atoms with Crippen LogP contribution in [0.25, 0.3) is 0 Å². The molecule has 0 N–H and O–H groups in total. The molecular formula is C11H25I2N. The average Bonchev–Trinajstić information content (AvgIpc) is 2.18. The van der Waals surface area contributed by atoms with Gasteiger partial charge in [-0.1, -0.05) is 33.8 Å². The van der Waals surface area contributed by atoms with Crippen molar-refractivity contribution in [1.82, 2.24) is 4.90 Å². The SMILES string of the molecule is CC.CN1C=CC(C)(C)C1(C)C.I.I. The molecule has 0 saturated heterocycles. The molecule has 0 aromatic heterocycles. The minimum absolute atomic E-state index is 0. The third kappa shape index (κ3) is 3.87. The molecule has 1 aliphatic heterocycles. The first-order chi connectivity index (χ1) is 5.38. The Bertz CT molecular complexity index is 174. The van der Waals surface area contributed by atoms with Gasteiger partial charge in [-0.05, 0) is 20.0 Å². The molecule has 0 saturated carbocycles. The lowest BCUT2D eigenvalue weighted by atomic mass is 9.76. The third-order valence-corrected chi connectivity index (χ3v) is 3.17. The summed E-state index contributed by atoms with van der Waals surface area (Å²) in [5, 5.41) is 0. The normalized spacial score (nSPS) is 20.1. The summed E-state index contributed by atoms with van der Waals surface area (Å²) in [5.74, 6) is 0. The van der Waals surface area contributed by atoms with E-state index >= 15 is 0 Å². The molecule has 0 atom stereocenters. The van der Waals surface area contributed by atoms with Gasteiger partial charge < -0.3 is 4.90 Å². The van der Waals surface area contributed by atoms with Crippen LogP contribution in [0.4, 0.5) is 0 Å². The van der Waals surface area contributed by atoms with Gasteiger partial charge in [0.25, 0.3) is 0 Å². The minimum Gasteiger partial charge on any atom is -0.375 e. The highest BCUT2D eigenvalue weighted by atomic mass is 127. The summed E-state index contributed by atoms with van der Waals surface area (Å²) in [6, 6.07) is 0. The third-order valence-electron chi connectivity index (χ3n) is 3.17. The number of halogens is 2. The van der Waals surface area contributed by atoms with Crippen molar-refractivity contribution in [3.63, 3.8) is 0 Å². The molecule has 88 valence electrons. The van der Waals surface area contributed by atoms with Gasteiger partial charge in [0.2, 0.25) is 0 Å². The molecule has 1 heterocycles. The predicted octanol–water partition coefficient (Wildman–Crippen LogP) is 4.51. The van der Waals surface area contributed by atoms with Crippen LogP contribution in [-0.4, -0.2) is 17.5 Å². The molecule has 0 unspecified atom stereocenters. The monoisotopic (exact) mass is 425 g/mol. The van der Waals surface area contributed by atoms with Crippen LogP contribution in [0, 0.1) is 5.41 Å². The summed E-state index contributed by atoms with van der Waals surface area (Å²) < 4.78 is 0. The zero-order valence-corrected chi connectivity index (χ0v) is 15.1. The Labute approximate surface area is 124 Å². The van der Waals surface area contributed by atoms with Gasteiger partial charge in [0.15, 0.2) is 0 Å². The summed E-state index contributed by atoms with van der Waals surface area (Å²) in [7, 11) is 2.13. The number of nitrogens with zero attached hydrogens (tertiary/aromatic N) is 1. The van der Waals surface area contributed by atoms with Gasteiger partial charge in [-0.2, -0.15) is 0 Å². The van der Waals surface area contributed by atoms with Crippen LogP contribution < -0.4 is 0 Å². The Hall–Kier alpha value is 1.00. The van der Waals surface area contributed by atoms with Crippen LogP contribution in [-0.2, 0) is 0 Å². The lowest BCUT2D eigenvalue weighted by Crippen LogP contribution is -2.44. The van der Waals surface area contributed by atoms with E-state index in [0.717, 1.165) is 0 Å². The maximum Gasteiger partial charge on any atom is 0.0423 e. The first kappa shape index (κ1) is 20.4. The molecule has 1 rings (SSSR count). The van der Waals surface area contributed by atoms with Crippen LogP contribution >= 0.6 is 48.0 Å². The molecule has 0 fully saturated rings. The Kier molecular flexibility index (Phi) is 10.6. The van der Waals surface area contributed by atoms with Gasteiger partial charge in [0.05, 0.1) is 0 Å². The number of hydrogen-bond donors (Lipinski definition) is 0. The van der Waals surface area contributed by atoms with E-state index in [2.05, 4.69) is 51.9 Å². The van der Waals surface area contributed by atoms with Gasteiger partial charge >= 0.3 is 0 Å². The van der Waals surface area contributed by atoms with E-state index in [-0.39, 0.29) is 53.5 Å². The molecule has 0 amide bonds. The highest BCUT2D eigenvalue weighted by Crippen LogP contribution is 2.40. The average molecular weight is 425 g/mol. The van der Waals surface area contributed by atoms with Crippen molar-refractivity contribution < 1.29 is 0 Å².